The van der Waals surface area contributed by atoms with Crippen molar-refractivity contribution in [1.29, 1.82) is 0 Å². The molecular weight excluding hydrogens is 172 g/mol. The van der Waals surface area contributed by atoms with Crippen molar-refractivity contribution < 1.29 is 0 Å². The zero-order valence-electron chi connectivity index (χ0n) is 7.16. The smallest absolute Gasteiger partial charge is 0.166 e. The van der Waals surface area contributed by atoms with Crippen LogP contribution in [0.1, 0.15) is 5.69 Å². The van der Waals surface area contributed by atoms with E-state index in [1.807, 2.05) is 17.8 Å². The Kier molecular flexibility index (Phi) is 3.04. The van der Waals surface area contributed by atoms with Gasteiger partial charge in [-0.05, 0) is 12.2 Å². The van der Waals surface area contributed by atoms with Crippen LogP contribution >= 0.6 is 12.2 Å². The molecule has 1 heterocycles. The minimum absolute atomic E-state index is 0.649. The number of thiocarbonyl (C=S) groups is 1. The first-order valence-corrected chi connectivity index (χ1v) is 4.05. The van der Waals surface area contributed by atoms with Crippen LogP contribution in [0, 0.1) is 0 Å². The van der Waals surface area contributed by atoms with Gasteiger partial charge in [0.25, 0.3) is 0 Å². The van der Waals surface area contributed by atoms with Gasteiger partial charge in [-0.25, -0.2) is 4.98 Å². The van der Waals surface area contributed by atoms with Crippen molar-refractivity contribution in [2.45, 2.75) is 6.54 Å². The fourth-order valence-electron chi connectivity index (χ4n) is 0.814. The van der Waals surface area contributed by atoms with Gasteiger partial charge >= 0.3 is 0 Å². The summed E-state index contributed by atoms with van der Waals surface area (Å²) in [4.78, 5) is 3.98. The van der Waals surface area contributed by atoms with E-state index >= 15 is 0 Å². The molecule has 4 nitrogen and oxygen atoms in total. The maximum atomic E-state index is 4.92. The number of aromatic nitrogens is 2. The third-order valence-corrected chi connectivity index (χ3v) is 1.92. The molecule has 0 fully saturated rings. The lowest BCUT2D eigenvalue weighted by Crippen LogP contribution is -2.32. The quantitative estimate of drug-likeness (QED) is 0.636. The van der Waals surface area contributed by atoms with E-state index in [9.17, 15) is 0 Å². The molecule has 0 bridgehead atoms. The van der Waals surface area contributed by atoms with E-state index < -0.39 is 0 Å². The van der Waals surface area contributed by atoms with E-state index in [1.165, 1.54) is 0 Å². The summed E-state index contributed by atoms with van der Waals surface area (Å²) in [6.45, 7) is 0.705. The summed E-state index contributed by atoms with van der Waals surface area (Å²) in [6, 6.07) is 0. The van der Waals surface area contributed by atoms with Crippen LogP contribution in [-0.4, -0.2) is 21.7 Å². The van der Waals surface area contributed by atoms with Gasteiger partial charge in [0.1, 0.15) is 0 Å². The summed E-state index contributed by atoms with van der Waals surface area (Å²) in [5.41, 5.74) is 1.10. The number of rotatable bonds is 2. The number of hydrogen-bond acceptors (Lipinski definition) is 2. The van der Waals surface area contributed by atoms with Crippen molar-refractivity contribution in [3.63, 3.8) is 0 Å². The molecule has 1 aromatic heterocycles. The highest BCUT2D eigenvalue weighted by Crippen LogP contribution is 1.94. The Morgan fingerprint density at radius 2 is 2.50 bits per heavy atom. The summed E-state index contributed by atoms with van der Waals surface area (Å²) < 4.78 is 1.95. The second-order valence-corrected chi connectivity index (χ2v) is 2.84. The summed E-state index contributed by atoms with van der Waals surface area (Å²) >= 11 is 4.92. The van der Waals surface area contributed by atoms with Crippen LogP contribution in [0.25, 0.3) is 0 Å². The average molecular weight is 184 g/mol. The number of imidazole rings is 1. The molecule has 0 aliphatic rings. The van der Waals surface area contributed by atoms with Gasteiger partial charge in [-0.2, -0.15) is 0 Å². The Labute approximate surface area is 77.0 Å². The third kappa shape index (κ3) is 2.20. The molecule has 0 saturated heterocycles. The SMILES string of the molecule is CNC(=S)NCc1cncn1C. The first-order chi connectivity index (χ1) is 5.74. The summed E-state index contributed by atoms with van der Waals surface area (Å²) in [5.74, 6) is 0. The predicted octanol–water partition coefficient (Wildman–Crippen LogP) is 0.0140. The van der Waals surface area contributed by atoms with Crippen LogP contribution < -0.4 is 10.6 Å². The fraction of sp³-hybridized carbons (Fsp3) is 0.429. The third-order valence-electron chi connectivity index (χ3n) is 1.57. The zero-order chi connectivity index (χ0) is 8.97. The van der Waals surface area contributed by atoms with Crippen LogP contribution in [0.4, 0.5) is 0 Å². The van der Waals surface area contributed by atoms with Gasteiger partial charge < -0.3 is 15.2 Å². The molecule has 0 aliphatic carbocycles. The van der Waals surface area contributed by atoms with E-state index in [0.29, 0.717) is 11.7 Å². The van der Waals surface area contributed by atoms with Crippen LogP contribution in [0.3, 0.4) is 0 Å². The molecule has 1 aromatic rings. The molecular formula is C7H12N4S. The maximum Gasteiger partial charge on any atom is 0.166 e. The molecule has 5 heteroatoms. The van der Waals surface area contributed by atoms with E-state index in [4.69, 9.17) is 12.2 Å². The second kappa shape index (κ2) is 4.06. The molecule has 12 heavy (non-hydrogen) atoms. The molecule has 0 unspecified atom stereocenters. The van der Waals surface area contributed by atoms with Gasteiger partial charge in [-0.3, -0.25) is 0 Å². The van der Waals surface area contributed by atoms with E-state index in [0.717, 1.165) is 5.69 Å². The summed E-state index contributed by atoms with van der Waals surface area (Å²) in [5, 5.41) is 6.52. The van der Waals surface area contributed by atoms with Crippen molar-refractivity contribution in [2.24, 2.45) is 7.05 Å². The Hall–Kier alpha value is -1.10. The number of hydrogen-bond donors (Lipinski definition) is 2. The lowest BCUT2D eigenvalue weighted by Gasteiger charge is -2.06. The Morgan fingerprint density at radius 3 is 3.00 bits per heavy atom. The van der Waals surface area contributed by atoms with Gasteiger partial charge in [0.2, 0.25) is 0 Å². The normalized spacial score (nSPS) is 9.50. The van der Waals surface area contributed by atoms with Crippen molar-refractivity contribution >= 4 is 17.3 Å². The zero-order valence-corrected chi connectivity index (χ0v) is 7.98. The van der Waals surface area contributed by atoms with E-state index in [-0.39, 0.29) is 0 Å². The highest BCUT2D eigenvalue weighted by molar-refractivity contribution is 7.80. The van der Waals surface area contributed by atoms with Gasteiger partial charge in [-0.15, -0.1) is 0 Å². The van der Waals surface area contributed by atoms with Gasteiger partial charge in [0, 0.05) is 20.3 Å². The molecule has 0 aromatic carbocycles. The summed E-state index contributed by atoms with van der Waals surface area (Å²) in [6.07, 6.45) is 3.57. The van der Waals surface area contributed by atoms with Crippen molar-refractivity contribution in [3.8, 4) is 0 Å². The molecule has 2 N–H and O–H groups in total. The second-order valence-electron chi connectivity index (χ2n) is 2.43. The molecule has 0 radical (unpaired) electrons. The lowest BCUT2D eigenvalue weighted by molar-refractivity contribution is 0.773. The Bertz CT molecular complexity index is 268. The van der Waals surface area contributed by atoms with Crippen LogP contribution in [0.2, 0.25) is 0 Å². The van der Waals surface area contributed by atoms with Crippen molar-refractivity contribution in [2.75, 3.05) is 7.05 Å². The van der Waals surface area contributed by atoms with Crippen LogP contribution in [-0.2, 0) is 13.6 Å². The minimum atomic E-state index is 0.649. The van der Waals surface area contributed by atoms with Crippen LogP contribution in [0.15, 0.2) is 12.5 Å². The Morgan fingerprint density at radius 1 is 1.75 bits per heavy atom. The average Bonchev–Trinajstić information content (AvgIpc) is 2.47. The molecule has 1 rings (SSSR count). The molecule has 0 aliphatic heterocycles. The number of aryl methyl sites for hydroxylation is 1. The minimum Gasteiger partial charge on any atom is -0.366 e. The fourth-order valence-corrected chi connectivity index (χ4v) is 0.886. The van der Waals surface area contributed by atoms with Gasteiger partial charge in [0.05, 0.1) is 18.6 Å². The first kappa shape index (κ1) is 8.99. The lowest BCUT2D eigenvalue weighted by atomic mass is 10.4. The highest BCUT2D eigenvalue weighted by atomic mass is 32.1. The summed E-state index contributed by atoms with van der Waals surface area (Å²) in [7, 11) is 3.74. The standard InChI is InChI=1S/C7H12N4S/c1-8-7(12)10-4-6-3-9-5-11(6)2/h3,5H,4H2,1-2H3,(H2,8,10,12). The van der Waals surface area contributed by atoms with Crippen LogP contribution in [0.5, 0.6) is 0 Å². The molecule has 0 saturated carbocycles. The monoisotopic (exact) mass is 184 g/mol. The predicted molar refractivity (Wildman–Crippen MR) is 51.7 cm³/mol. The van der Waals surface area contributed by atoms with E-state index in [1.54, 1.807) is 13.4 Å². The van der Waals surface area contributed by atoms with Gasteiger partial charge in [0.15, 0.2) is 5.11 Å². The maximum absolute atomic E-state index is 4.92. The molecule has 0 atom stereocenters. The Balaban J connectivity index is 2.43. The first-order valence-electron chi connectivity index (χ1n) is 3.65. The number of nitrogens with zero attached hydrogens (tertiary/aromatic N) is 2. The molecule has 0 amide bonds. The highest BCUT2D eigenvalue weighted by Gasteiger charge is 1.97. The van der Waals surface area contributed by atoms with Crippen molar-refractivity contribution in [3.05, 3.63) is 18.2 Å². The van der Waals surface area contributed by atoms with Crippen molar-refractivity contribution in [1.82, 2.24) is 20.2 Å². The molecule has 66 valence electrons. The van der Waals surface area contributed by atoms with Gasteiger partial charge in [-0.1, -0.05) is 0 Å². The number of nitrogens with one attached hydrogen (secondary N) is 2. The topological polar surface area (TPSA) is 41.9 Å². The van der Waals surface area contributed by atoms with E-state index in [2.05, 4.69) is 15.6 Å². The molecule has 0 spiro atoms. The largest absolute Gasteiger partial charge is 0.366 e.